The van der Waals surface area contributed by atoms with Crippen LogP contribution in [0.25, 0.3) is 0 Å². The highest BCUT2D eigenvalue weighted by molar-refractivity contribution is 5.71. The SMILES string of the molecule is CCC(CC=C(C)C=O)OC. The van der Waals surface area contributed by atoms with Crippen molar-refractivity contribution in [3.05, 3.63) is 11.6 Å². The lowest BCUT2D eigenvalue weighted by Crippen LogP contribution is -2.07. The van der Waals surface area contributed by atoms with Crippen LogP contribution in [0.2, 0.25) is 0 Å². The third-order valence-electron chi connectivity index (χ3n) is 1.68. The average molecular weight is 156 g/mol. The molecule has 0 spiro atoms. The van der Waals surface area contributed by atoms with Gasteiger partial charge < -0.3 is 4.74 Å². The molecule has 0 fully saturated rings. The van der Waals surface area contributed by atoms with E-state index < -0.39 is 0 Å². The van der Waals surface area contributed by atoms with Gasteiger partial charge in [-0.25, -0.2) is 0 Å². The minimum absolute atomic E-state index is 0.255. The van der Waals surface area contributed by atoms with E-state index in [1.165, 1.54) is 0 Å². The lowest BCUT2D eigenvalue weighted by molar-refractivity contribution is -0.104. The molecule has 0 aromatic carbocycles. The van der Waals surface area contributed by atoms with Crippen LogP contribution in [0.4, 0.5) is 0 Å². The number of carbonyl (C=O) groups is 1. The zero-order valence-electron chi connectivity index (χ0n) is 7.46. The van der Waals surface area contributed by atoms with Crippen LogP contribution in [0.1, 0.15) is 26.7 Å². The zero-order valence-corrected chi connectivity index (χ0v) is 7.46. The maximum atomic E-state index is 10.2. The largest absolute Gasteiger partial charge is 0.381 e. The fraction of sp³-hybridized carbons (Fsp3) is 0.667. The molecule has 0 rings (SSSR count). The number of hydrogen-bond acceptors (Lipinski definition) is 2. The summed E-state index contributed by atoms with van der Waals surface area (Å²) < 4.78 is 5.13. The van der Waals surface area contributed by atoms with Crippen LogP contribution in [0.5, 0.6) is 0 Å². The van der Waals surface area contributed by atoms with Gasteiger partial charge in [-0.1, -0.05) is 13.0 Å². The summed E-state index contributed by atoms with van der Waals surface area (Å²) in [6.07, 6.45) is 4.84. The van der Waals surface area contributed by atoms with Crippen LogP contribution in [-0.2, 0) is 9.53 Å². The van der Waals surface area contributed by atoms with Gasteiger partial charge in [-0.05, 0) is 25.3 Å². The predicted octanol–water partition coefficient (Wildman–Crippen LogP) is 1.95. The normalized spacial score (nSPS) is 14.6. The molecule has 0 heterocycles. The molecule has 0 amide bonds. The van der Waals surface area contributed by atoms with Gasteiger partial charge in [0.15, 0.2) is 0 Å². The summed E-state index contributed by atoms with van der Waals surface area (Å²) in [5, 5.41) is 0. The third-order valence-corrected chi connectivity index (χ3v) is 1.68. The van der Waals surface area contributed by atoms with Crippen molar-refractivity contribution in [3.63, 3.8) is 0 Å². The molecular formula is C9H16O2. The fourth-order valence-electron chi connectivity index (χ4n) is 0.795. The fourth-order valence-corrected chi connectivity index (χ4v) is 0.795. The summed E-state index contributed by atoms with van der Waals surface area (Å²) in [5.41, 5.74) is 0.778. The highest BCUT2D eigenvalue weighted by Gasteiger charge is 2.00. The van der Waals surface area contributed by atoms with E-state index in [9.17, 15) is 4.79 Å². The Morgan fingerprint density at radius 3 is 2.64 bits per heavy atom. The summed E-state index contributed by atoms with van der Waals surface area (Å²) in [5.74, 6) is 0. The molecule has 11 heavy (non-hydrogen) atoms. The molecule has 0 aromatic heterocycles. The van der Waals surface area contributed by atoms with E-state index in [4.69, 9.17) is 4.74 Å². The lowest BCUT2D eigenvalue weighted by Gasteiger charge is -2.09. The second-order valence-corrected chi connectivity index (χ2v) is 2.57. The van der Waals surface area contributed by atoms with E-state index in [2.05, 4.69) is 6.92 Å². The molecule has 64 valence electrons. The number of carbonyl (C=O) groups excluding carboxylic acids is 1. The van der Waals surface area contributed by atoms with Gasteiger partial charge in [-0.3, -0.25) is 4.79 Å². The number of rotatable bonds is 5. The van der Waals surface area contributed by atoms with Crippen molar-refractivity contribution in [2.75, 3.05) is 7.11 Å². The van der Waals surface area contributed by atoms with E-state index in [1.807, 2.05) is 6.08 Å². The molecule has 0 N–H and O–H groups in total. The Kier molecular flexibility index (Phi) is 5.75. The summed E-state index contributed by atoms with van der Waals surface area (Å²) in [7, 11) is 1.69. The van der Waals surface area contributed by atoms with Crippen LogP contribution in [-0.4, -0.2) is 19.5 Å². The van der Waals surface area contributed by atoms with Gasteiger partial charge in [-0.2, -0.15) is 0 Å². The number of hydrogen-bond donors (Lipinski definition) is 0. The zero-order chi connectivity index (χ0) is 8.69. The molecule has 0 aliphatic rings. The van der Waals surface area contributed by atoms with Gasteiger partial charge in [0.2, 0.25) is 0 Å². The predicted molar refractivity (Wildman–Crippen MR) is 45.5 cm³/mol. The topological polar surface area (TPSA) is 26.3 Å². The van der Waals surface area contributed by atoms with E-state index in [-0.39, 0.29) is 6.10 Å². The van der Waals surface area contributed by atoms with Crippen LogP contribution in [0, 0.1) is 0 Å². The molecule has 0 saturated carbocycles. The average Bonchev–Trinajstić information content (AvgIpc) is 2.06. The molecule has 1 atom stereocenters. The van der Waals surface area contributed by atoms with Gasteiger partial charge >= 0.3 is 0 Å². The Morgan fingerprint density at radius 1 is 1.64 bits per heavy atom. The molecule has 2 nitrogen and oxygen atoms in total. The van der Waals surface area contributed by atoms with Gasteiger partial charge in [0.1, 0.15) is 6.29 Å². The molecule has 2 heteroatoms. The second kappa shape index (κ2) is 6.10. The number of methoxy groups -OCH3 is 1. The van der Waals surface area contributed by atoms with Crippen molar-refractivity contribution in [1.82, 2.24) is 0 Å². The van der Waals surface area contributed by atoms with Gasteiger partial charge in [0.25, 0.3) is 0 Å². The third kappa shape index (κ3) is 4.73. The van der Waals surface area contributed by atoms with E-state index >= 15 is 0 Å². The number of allylic oxidation sites excluding steroid dienone is 1. The van der Waals surface area contributed by atoms with Crippen molar-refractivity contribution in [2.45, 2.75) is 32.8 Å². The number of ether oxygens (including phenoxy) is 1. The van der Waals surface area contributed by atoms with Gasteiger partial charge in [0.05, 0.1) is 6.10 Å². The van der Waals surface area contributed by atoms with Gasteiger partial charge in [0, 0.05) is 7.11 Å². The summed E-state index contributed by atoms with van der Waals surface area (Å²) >= 11 is 0. The molecule has 0 aliphatic heterocycles. The van der Waals surface area contributed by atoms with Crippen molar-refractivity contribution < 1.29 is 9.53 Å². The minimum atomic E-state index is 0.255. The minimum Gasteiger partial charge on any atom is -0.381 e. The van der Waals surface area contributed by atoms with E-state index in [1.54, 1.807) is 14.0 Å². The van der Waals surface area contributed by atoms with Crippen LogP contribution in [0.15, 0.2) is 11.6 Å². The Morgan fingerprint density at radius 2 is 2.27 bits per heavy atom. The quantitative estimate of drug-likeness (QED) is 0.449. The number of aldehydes is 1. The molecule has 0 aliphatic carbocycles. The molecule has 0 bridgehead atoms. The highest BCUT2D eigenvalue weighted by Crippen LogP contribution is 2.04. The monoisotopic (exact) mass is 156 g/mol. The molecule has 0 aromatic rings. The van der Waals surface area contributed by atoms with E-state index in [0.717, 1.165) is 24.7 Å². The first-order valence-corrected chi connectivity index (χ1v) is 3.89. The van der Waals surface area contributed by atoms with Crippen LogP contribution < -0.4 is 0 Å². The molecule has 1 unspecified atom stereocenters. The van der Waals surface area contributed by atoms with Crippen molar-refractivity contribution in [2.24, 2.45) is 0 Å². The first-order chi connectivity index (χ1) is 5.24. The maximum Gasteiger partial charge on any atom is 0.145 e. The highest BCUT2D eigenvalue weighted by atomic mass is 16.5. The molecular weight excluding hydrogens is 140 g/mol. The summed E-state index contributed by atoms with van der Waals surface area (Å²) in [4.78, 5) is 10.2. The molecule has 0 radical (unpaired) electrons. The lowest BCUT2D eigenvalue weighted by atomic mass is 10.1. The second-order valence-electron chi connectivity index (χ2n) is 2.57. The van der Waals surface area contributed by atoms with Crippen molar-refractivity contribution in [3.8, 4) is 0 Å². The van der Waals surface area contributed by atoms with Crippen LogP contribution in [0.3, 0.4) is 0 Å². The standard InChI is InChI=1S/C9H16O2/c1-4-9(11-3)6-5-8(2)7-10/h5,7,9H,4,6H2,1-3H3. The Hall–Kier alpha value is -0.630. The first-order valence-electron chi connectivity index (χ1n) is 3.89. The van der Waals surface area contributed by atoms with Crippen molar-refractivity contribution >= 4 is 6.29 Å². The van der Waals surface area contributed by atoms with E-state index in [0.29, 0.717) is 0 Å². The van der Waals surface area contributed by atoms with Crippen LogP contribution >= 0.6 is 0 Å². The smallest absolute Gasteiger partial charge is 0.145 e. The first kappa shape index (κ1) is 10.4. The Labute approximate surface area is 68.2 Å². The summed E-state index contributed by atoms with van der Waals surface area (Å²) in [6.45, 7) is 3.87. The summed E-state index contributed by atoms with van der Waals surface area (Å²) in [6, 6.07) is 0. The Balaban J connectivity index is 3.73. The van der Waals surface area contributed by atoms with Crippen molar-refractivity contribution in [1.29, 1.82) is 0 Å². The maximum absolute atomic E-state index is 10.2. The van der Waals surface area contributed by atoms with Gasteiger partial charge in [-0.15, -0.1) is 0 Å². The molecule has 0 saturated heterocycles. The Bertz CT molecular complexity index is 134.